The number of halogens is 1. The molecule has 2 nitrogen and oxygen atoms in total. The summed E-state index contributed by atoms with van der Waals surface area (Å²) < 4.78 is 13.9. The van der Waals surface area contributed by atoms with Crippen LogP contribution in [0.4, 0.5) is 10.1 Å². The molecule has 2 aromatic carbocycles. The lowest BCUT2D eigenvalue weighted by Gasteiger charge is -2.12. The molecule has 116 valence electrons. The molecule has 0 saturated heterocycles. The lowest BCUT2D eigenvalue weighted by atomic mass is 9.98. The van der Waals surface area contributed by atoms with E-state index in [1.807, 2.05) is 25.8 Å². The molecule has 0 saturated carbocycles. The molecule has 0 atom stereocenters. The van der Waals surface area contributed by atoms with E-state index in [4.69, 9.17) is 0 Å². The van der Waals surface area contributed by atoms with Gasteiger partial charge in [-0.05, 0) is 56.0 Å². The monoisotopic (exact) mass is 298 g/mol. The molecule has 0 fully saturated rings. The molecule has 2 rings (SSSR count). The first-order chi connectivity index (χ1) is 10.5. The lowest BCUT2D eigenvalue weighted by Crippen LogP contribution is -2.14. The van der Waals surface area contributed by atoms with Crippen LogP contribution in [0.1, 0.15) is 29.2 Å². The second-order valence-electron chi connectivity index (χ2n) is 5.69. The fourth-order valence-electron chi connectivity index (χ4n) is 2.21. The number of hydrogen-bond donors (Lipinski definition) is 0. The highest BCUT2D eigenvalue weighted by molar-refractivity contribution is 5.64. The van der Waals surface area contributed by atoms with Crippen molar-refractivity contribution >= 4 is 12.0 Å². The molecule has 0 aliphatic carbocycles. The molecule has 0 radical (unpaired) electrons. The van der Waals surface area contributed by atoms with Gasteiger partial charge in [-0.25, -0.2) is 9.38 Å². The maximum atomic E-state index is 13.9. The second kappa shape index (κ2) is 7.21. The van der Waals surface area contributed by atoms with Gasteiger partial charge in [0.15, 0.2) is 0 Å². The van der Waals surface area contributed by atoms with E-state index in [2.05, 4.69) is 36.2 Å². The Bertz CT molecular complexity index is 660. The SMILES string of the molecule is CCN(C)C=Nc1cc(F)cc(Cc2ccc(C)cc2)c1C. The van der Waals surface area contributed by atoms with Crippen LogP contribution >= 0.6 is 0 Å². The maximum absolute atomic E-state index is 13.9. The van der Waals surface area contributed by atoms with Crippen LogP contribution in [0.2, 0.25) is 0 Å². The molecule has 0 aliphatic heterocycles. The molecule has 0 aromatic heterocycles. The molecule has 0 N–H and O–H groups in total. The van der Waals surface area contributed by atoms with Crippen molar-refractivity contribution < 1.29 is 4.39 Å². The van der Waals surface area contributed by atoms with E-state index >= 15 is 0 Å². The summed E-state index contributed by atoms with van der Waals surface area (Å²) >= 11 is 0. The Kier molecular flexibility index (Phi) is 5.31. The Morgan fingerprint density at radius 1 is 1.14 bits per heavy atom. The minimum atomic E-state index is -0.237. The van der Waals surface area contributed by atoms with Crippen LogP contribution in [-0.4, -0.2) is 24.8 Å². The zero-order valence-corrected chi connectivity index (χ0v) is 13.7. The molecule has 22 heavy (non-hydrogen) atoms. The highest BCUT2D eigenvalue weighted by atomic mass is 19.1. The molecule has 0 heterocycles. The molecular formula is C19H23FN2. The summed E-state index contributed by atoms with van der Waals surface area (Å²) in [6.45, 7) is 6.98. The zero-order chi connectivity index (χ0) is 16.1. The molecule has 0 aliphatic rings. The van der Waals surface area contributed by atoms with Crippen molar-refractivity contribution in [1.29, 1.82) is 0 Å². The first-order valence-corrected chi connectivity index (χ1v) is 7.58. The van der Waals surface area contributed by atoms with Gasteiger partial charge in [0.1, 0.15) is 5.82 Å². The lowest BCUT2D eigenvalue weighted by molar-refractivity contribution is 0.552. The third kappa shape index (κ3) is 4.17. The number of nitrogens with zero attached hydrogens (tertiary/aromatic N) is 2. The summed E-state index contributed by atoms with van der Waals surface area (Å²) in [5.74, 6) is -0.237. The number of rotatable bonds is 5. The van der Waals surface area contributed by atoms with Gasteiger partial charge in [0.05, 0.1) is 12.0 Å². The Morgan fingerprint density at radius 2 is 1.82 bits per heavy atom. The fourth-order valence-corrected chi connectivity index (χ4v) is 2.21. The average molecular weight is 298 g/mol. The van der Waals surface area contributed by atoms with Crippen LogP contribution in [0.5, 0.6) is 0 Å². The Labute approximate surface area is 132 Å². The Hall–Kier alpha value is -2.16. The molecule has 0 spiro atoms. The third-order valence-corrected chi connectivity index (χ3v) is 3.86. The van der Waals surface area contributed by atoms with E-state index in [-0.39, 0.29) is 5.82 Å². The fraction of sp³-hybridized carbons (Fsp3) is 0.316. The second-order valence-corrected chi connectivity index (χ2v) is 5.69. The quantitative estimate of drug-likeness (QED) is 0.580. The van der Waals surface area contributed by atoms with E-state index in [9.17, 15) is 4.39 Å². The minimum absolute atomic E-state index is 0.237. The van der Waals surface area contributed by atoms with E-state index in [1.165, 1.54) is 17.2 Å². The summed E-state index contributed by atoms with van der Waals surface area (Å²) in [4.78, 5) is 6.38. The highest BCUT2D eigenvalue weighted by Gasteiger charge is 2.08. The van der Waals surface area contributed by atoms with Crippen LogP contribution in [0.15, 0.2) is 41.4 Å². The standard InChI is InChI=1S/C19H23FN2/c1-5-22(4)13-21-19-12-18(20)11-17(15(19)3)10-16-8-6-14(2)7-9-16/h6-9,11-13H,5,10H2,1-4H3. The third-order valence-electron chi connectivity index (χ3n) is 3.86. The van der Waals surface area contributed by atoms with Gasteiger partial charge < -0.3 is 4.90 Å². The Morgan fingerprint density at radius 3 is 2.45 bits per heavy atom. The van der Waals surface area contributed by atoms with Gasteiger partial charge in [-0.15, -0.1) is 0 Å². The zero-order valence-electron chi connectivity index (χ0n) is 13.7. The van der Waals surface area contributed by atoms with Gasteiger partial charge >= 0.3 is 0 Å². The summed E-state index contributed by atoms with van der Waals surface area (Å²) in [6, 6.07) is 11.4. The summed E-state index contributed by atoms with van der Waals surface area (Å²) in [7, 11) is 1.95. The van der Waals surface area contributed by atoms with Gasteiger partial charge in [0.2, 0.25) is 0 Å². The number of hydrogen-bond acceptors (Lipinski definition) is 1. The Balaban J connectivity index is 2.30. The van der Waals surface area contributed by atoms with Crippen molar-refractivity contribution in [3.05, 3.63) is 64.5 Å². The van der Waals surface area contributed by atoms with E-state index in [0.717, 1.165) is 24.1 Å². The smallest absolute Gasteiger partial charge is 0.125 e. The van der Waals surface area contributed by atoms with Gasteiger partial charge in [0.25, 0.3) is 0 Å². The van der Waals surface area contributed by atoms with Gasteiger partial charge in [0, 0.05) is 13.6 Å². The number of aryl methyl sites for hydroxylation is 1. The van der Waals surface area contributed by atoms with Crippen LogP contribution in [0, 0.1) is 19.7 Å². The van der Waals surface area contributed by atoms with Crippen LogP contribution < -0.4 is 0 Å². The number of benzene rings is 2. The topological polar surface area (TPSA) is 15.6 Å². The predicted molar refractivity (Wildman–Crippen MR) is 91.6 cm³/mol. The van der Waals surface area contributed by atoms with Crippen molar-refractivity contribution in [2.45, 2.75) is 27.2 Å². The predicted octanol–water partition coefficient (Wildman–Crippen LogP) is 4.64. The van der Waals surface area contributed by atoms with Crippen molar-refractivity contribution in [3.63, 3.8) is 0 Å². The number of aliphatic imine (C=N–C) groups is 1. The highest BCUT2D eigenvalue weighted by Crippen LogP contribution is 2.26. The normalized spacial score (nSPS) is 11.1. The molecule has 0 bridgehead atoms. The summed E-state index contributed by atoms with van der Waals surface area (Å²) in [6.07, 6.45) is 2.47. The molecule has 0 unspecified atom stereocenters. The van der Waals surface area contributed by atoms with E-state index in [0.29, 0.717) is 5.69 Å². The van der Waals surface area contributed by atoms with Gasteiger partial charge in [-0.1, -0.05) is 29.8 Å². The van der Waals surface area contributed by atoms with Crippen molar-refractivity contribution in [3.8, 4) is 0 Å². The van der Waals surface area contributed by atoms with E-state index in [1.54, 1.807) is 12.4 Å². The average Bonchev–Trinajstić information content (AvgIpc) is 2.50. The van der Waals surface area contributed by atoms with Gasteiger partial charge in [-0.3, -0.25) is 0 Å². The summed E-state index contributed by atoms with van der Waals surface area (Å²) in [5, 5.41) is 0. The van der Waals surface area contributed by atoms with E-state index < -0.39 is 0 Å². The molecular weight excluding hydrogens is 275 g/mol. The molecule has 2 aromatic rings. The first-order valence-electron chi connectivity index (χ1n) is 7.58. The first kappa shape index (κ1) is 16.2. The largest absolute Gasteiger partial charge is 0.366 e. The summed E-state index contributed by atoms with van der Waals surface area (Å²) in [5.41, 5.74) is 5.12. The van der Waals surface area contributed by atoms with Crippen molar-refractivity contribution in [1.82, 2.24) is 4.90 Å². The van der Waals surface area contributed by atoms with Crippen LogP contribution in [0.25, 0.3) is 0 Å². The van der Waals surface area contributed by atoms with Crippen LogP contribution in [0.3, 0.4) is 0 Å². The minimum Gasteiger partial charge on any atom is -0.366 e. The molecule has 3 heteroatoms. The maximum Gasteiger partial charge on any atom is 0.125 e. The van der Waals surface area contributed by atoms with Crippen molar-refractivity contribution in [2.24, 2.45) is 4.99 Å². The van der Waals surface area contributed by atoms with Crippen LogP contribution in [-0.2, 0) is 6.42 Å². The van der Waals surface area contributed by atoms with Crippen molar-refractivity contribution in [2.75, 3.05) is 13.6 Å². The van der Waals surface area contributed by atoms with Gasteiger partial charge in [-0.2, -0.15) is 0 Å². The molecule has 0 amide bonds.